The van der Waals surface area contributed by atoms with Crippen LogP contribution in [0.4, 0.5) is 0 Å². The van der Waals surface area contributed by atoms with Gasteiger partial charge in [-0.3, -0.25) is 0 Å². The van der Waals surface area contributed by atoms with Crippen LogP contribution in [-0.2, 0) is 9.47 Å². The van der Waals surface area contributed by atoms with Gasteiger partial charge in [-0.15, -0.1) is 46.4 Å². The molecule has 27 heavy (non-hydrogen) atoms. The smallest absolute Gasteiger partial charge is 0.0936 e. The zero-order valence-corrected chi connectivity index (χ0v) is 18.8. The lowest BCUT2D eigenvalue weighted by atomic mass is 9.79. The van der Waals surface area contributed by atoms with Gasteiger partial charge in [0.15, 0.2) is 0 Å². The highest BCUT2D eigenvalue weighted by molar-refractivity contribution is 6.18. The molecule has 0 aliphatic carbocycles. The number of aliphatic hydroxyl groups excluding tert-OH is 4. The molecular weight excluding hydrogens is 442 g/mol. The minimum atomic E-state index is -0.927. The van der Waals surface area contributed by atoms with Gasteiger partial charge in [-0.1, -0.05) is 13.8 Å². The van der Waals surface area contributed by atoms with Gasteiger partial charge in [0, 0.05) is 0 Å². The summed E-state index contributed by atoms with van der Waals surface area (Å²) in [7, 11) is 0. The second-order valence-electron chi connectivity index (χ2n) is 7.38. The lowest BCUT2D eigenvalue weighted by Gasteiger charge is -2.36. The molecule has 0 fully saturated rings. The lowest BCUT2D eigenvalue weighted by molar-refractivity contribution is -0.0949. The topological polar surface area (TPSA) is 99.4 Å². The molecule has 0 rings (SSSR count). The summed E-state index contributed by atoms with van der Waals surface area (Å²) in [6, 6.07) is 0. The Labute approximate surface area is 181 Å². The molecule has 164 valence electrons. The maximum absolute atomic E-state index is 10.1. The molecular formula is C17H32Cl4O6. The molecule has 6 nitrogen and oxygen atoms in total. The normalized spacial score (nSPS) is 19.3. The molecule has 0 bridgehead atoms. The van der Waals surface area contributed by atoms with Gasteiger partial charge in [0.2, 0.25) is 0 Å². The number of hydrogen-bond donors (Lipinski definition) is 4. The first-order valence-electron chi connectivity index (χ1n) is 8.79. The van der Waals surface area contributed by atoms with E-state index >= 15 is 0 Å². The van der Waals surface area contributed by atoms with Crippen LogP contribution in [0.3, 0.4) is 0 Å². The first kappa shape index (κ1) is 27.9. The zero-order valence-electron chi connectivity index (χ0n) is 15.7. The Kier molecular flexibility index (Phi) is 15.3. The van der Waals surface area contributed by atoms with Crippen molar-refractivity contribution >= 4 is 46.4 Å². The molecule has 6 unspecified atom stereocenters. The van der Waals surface area contributed by atoms with Gasteiger partial charge < -0.3 is 29.9 Å². The van der Waals surface area contributed by atoms with Gasteiger partial charge >= 0.3 is 0 Å². The molecule has 0 saturated heterocycles. The van der Waals surface area contributed by atoms with E-state index in [1.54, 1.807) is 0 Å². The highest BCUT2D eigenvalue weighted by Crippen LogP contribution is 2.33. The Morgan fingerprint density at radius 3 is 1.26 bits per heavy atom. The van der Waals surface area contributed by atoms with Crippen molar-refractivity contribution in [2.24, 2.45) is 5.41 Å². The van der Waals surface area contributed by atoms with E-state index in [-0.39, 0.29) is 36.7 Å². The molecule has 0 heterocycles. The van der Waals surface area contributed by atoms with Crippen LogP contribution in [0.2, 0.25) is 0 Å². The van der Waals surface area contributed by atoms with E-state index in [0.29, 0.717) is 12.8 Å². The summed E-state index contributed by atoms with van der Waals surface area (Å²) in [5.41, 5.74) is -0.437. The molecule has 6 atom stereocenters. The lowest BCUT2D eigenvalue weighted by Crippen LogP contribution is -2.41. The van der Waals surface area contributed by atoms with Crippen molar-refractivity contribution in [3.8, 4) is 0 Å². The van der Waals surface area contributed by atoms with Crippen LogP contribution in [0, 0.1) is 5.41 Å². The van der Waals surface area contributed by atoms with Crippen molar-refractivity contribution in [3.63, 3.8) is 0 Å². The fourth-order valence-electron chi connectivity index (χ4n) is 2.54. The number of alkyl halides is 4. The van der Waals surface area contributed by atoms with Crippen molar-refractivity contribution < 1.29 is 29.9 Å². The zero-order chi connectivity index (χ0) is 21.0. The van der Waals surface area contributed by atoms with Crippen LogP contribution in [-0.4, -0.2) is 93.8 Å². The summed E-state index contributed by atoms with van der Waals surface area (Å²) < 4.78 is 11.2. The Hall–Kier alpha value is 0.920. The van der Waals surface area contributed by atoms with Gasteiger partial charge in [0.1, 0.15) is 0 Å². The van der Waals surface area contributed by atoms with Gasteiger partial charge in [0.05, 0.1) is 73.4 Å². The Morgan fingerprint density at radius 2 is 1.00 bits per heavy atom. The van der Waals surface area contributed by atoms with Crippen molar-refractivity contribution in [2.75, 3.05) is 36.7 Å². The number of halogens is 4. The summed E-state index contributed by atoms with van der Waals surface area (Å²) in [4.78, 5) is 0. The highest BCUT2D eigenvalue weighted by Gasteiger charge is 2.33. The summed E-state index contributed by atoms with van der Waals surface area (Å²) in [5.74, 6) is -0.00461. The third kappa shape index (κ3) is 12.3. The maximum Gasteiger partial charge on any atom is 0.0936 e. The Bertz CT molecular complexity index is 345. The quantitative estimate of drug-likeness (QED) is 0.256. The van der Waals surface area contributed by atoms with Gasteiger partial charge in [-0.25, -0.2) is 0 Å². The van der Waals surface area contributed by atoms with Crippen LogP contribution in [0.15, 0.2) is 0 Å². The number of hydrogen-bond acceptors (Lipinski definition) is 6. The predicted octanol–water partition coefficient (Wildman–Crippen LogP) is 1.96. The van der Waals surface area contributed by atoms with Crippen LogP contribution in [0.1, 0.15) is 26.7 Å². The standard InChI is InChI=1S/C17H32Cl4O6/c1-17(2,3-15(13(24)7-20)26-9-11(22)5-18)4-16(14(25)8-21)27-10-12(23)6-19/h11-16,22-25H,3-10H2,1-2H3. The maximum atomic E-state index is 10.1. The molecule has 0 saturated carbocycles. The third-order valence-corrected chi connectivity index (χ3v) is 5.39. The average molecular weight is 474 g/mol. The van der Waals surface area contributed by atoms with E-state index < -0.39 is 42.0 Å². The molecule has 0 spiro atoms. The van der Waals surface area contributed by atoms with Crippen molar-refractivity contribution in [1.82, 2.24) is 0 Å². The van der Waals surface area contributed by atoms with Crippen LogP contribution in [0.25, 0.3) is 0 Å². The number of ether oxygens (including phenoxy) is 2. The summed E-state index contributed by atoms with van der Waals surface area (Å²) >= 11 is 22.7. The van der Waals surface area contributed by atoms with E-state index in [0.717, 1.165) is 0 Å². The van der Waals surface area contributed by atoms with E-state index in [4.69, 9.17) is 55.9 Å². The first-order valence-corrected chi connectivity index (χ1v) is 10.9. The molecule has 0 aliphatic rings. The second-order valence-corrected chi connectivity index (χ2v) is 8.61. The minimum absolute atomic E-state index is 0.0216. The van der Waals surface area contributed by atoms with Gasteiger partial charge in [-0.05, 0) is 18.3 Å². The molecule has 0 radical (unpaired) electrons. The molecule has 0 aromatic heterocycles. The Balaban J connectivity index is 4.98. The van der Waals surface area contributed by atoms with Crippen molar-refractivity contribution in [3.05, 3.63) is 0 Å². The number of rotatable bonds is 16. The minimum Gasteiger partial charge on any atom is -0.389 e. The average Bonchev–Trinajstić information content (AvgIpc) is 2.65. The van der Waals surface area contributed by atoms with Crippen molar-refractivity contribution in [1.29, 1.82) is 0 Å². The fourth-order valence-corrected chi connectivity index (χ4v) is 3.12. The van der Waals surface area contributed by atoms with Crippen LogP contribution >= 0.6 is 46.4 Å². The first-order chi connectivity index (χ1) is 12.6. The highest BCUT2D eigenvalue weighted by atomic mass is 35.5. The fraction of sp³-hybridized carbons (Fsp3) is 1.00. The van der Waals surface area contributed by atoms with Crippen LogP contribution in [0.5, 0.6) is 0 Å². The number of aliphatic hydroxyl groups is 4. The summed E-state index contributed by atoms with van der Waals surface area (Å²) in [6.07, 6.45) is -4.01. The summed E-state index contributed by atoms with van der Waals surface area (Å²) in [5, 5.41) is 39.4. The predicted molar refractivity (Wildman–Crippen MR) is 109 cm³/mol. The molecule has 0 aromatic carbocycles. The molecule has 0 aliphatic heterocycles. The van der Waals surface area contributed by atoms with E-state index in [1.807, 2.05) is 13.8 Å². The monoisotopic (exact) mass is 472 g/mol. The SMILES string of the molecule is CC(C)(CC(OCC(O)CCl)C(O)CCl)CC(OCC(O)CCl)C(O)CCl. The third-order valence-electron chi connectivity index (χ3n) is 4.04. The van der Waals surface area contributed by atoms with E-state index in [1.165, 1.54) is 0 Å². The second kappa shape index (κ2) is 14.8. The molecule has 0 amide bonds. The van der Waals surface area contributed by atoms with E-state index in [2.05, 4.69) is 0 Å². The largest absolute Gasteiger partial charge is 0.389 e. The molecule has 0 aromatic rings. The van der Waals surface area contributed by atoms with E-state index in [9.17, 15) is 20.4 Å². The van der Waals surface area contributed by atoms with Crippen molar-refractivity contribution in [2.45, 2.75) is 63.3 Å². The summed E-state index contributed by atoms with van der Waals surface area (Å²) in [6.45, 7) is 3.81. The Morgan fingerprint density at radius 1 is 0.667 bits per heavy atom. The van der Waals surface area contributed by atoms with Gasteiger partial charge in [0.25, 0.3) is 0 Å². The molecule has 10 heteroatoms. The van der Waals surface area contributed by atoms with Gasteiger partial charge in [-0.2, -0.15) is 0 Å². The molecule has 4 N–H and O–H groups in total. The van der Waals surface area contributed by atoms with Crippen LogP contribution < -0.4 is 0 Å².